The molecule has 1 atom stereocenters. The quantitative estimate of drug-likeness (QED) is 0.552. The molecule has 2 aromatic heterocycles. The van der Waals surface area contributed by atoms with Crippen LogP contribution in [0.15, 0.2) is 35.1 Å². The Kier molecular flexibility index (Phi) is 4.72. The van der Waals surface area contributed by atoms with Crippen LogP contribution in [0.25, 0.3) is 5.52 Å². The summed E-state index contributed by atoms with van der Waals surface area (Å²) in [7, 11) is 0. The lowest BCUT2D eigenvalue weighted by atomic mass is 10.1. The minimum Gasteiger partial charge on any atom is -0.445 e. The number of nitrogens with two attached hydrogens (primary N) is 1. The maximum atomic E-state index is 12.4. The van der Waals surface area contributed by atoms with Crippen LogP contribution in [0.1, 0.15) is 23.7 Å². The van der Waals surface area contributed by atoms with Gasteiger partial charge >= 0.3 is 6.09 Å². The van der Waals surface area contributed by atoms with Crippen molar-refractivity contribution in [3.63, 3.8) is 0 Å². The van der Waals surface area contributed by atoms with Gasteiger partial charge in [0.05, 0.1) is 0 Å². The summed E-state index contributed by atoms with van der Waals surface area (Å²) in [5, 5.41) is 4.18. The summed E-state index contributed by atoms with van der Waals surface area (Å²) < 4.78 is 7.44. The number of aromatic nitrogens is 4. The molecule has 3 N–H and O–H groups in total. The van der Waals surface area contributed by atoms with E-state index in [1.54, 1.807) is 4.90 Å². The van der Waals surface area contributed by atoms with Crippen LogP contribution in [-0.4, -0.2) is 43.7 Å². The number of likely N-dealkylation sites (tertiary alicyclic amines) is 1. The molecule has 1 saturated heterocycles. The number of halogens is 1. The summed E-state index contributed by atoms with van der Waals surface area (Å²) >= 11 is 2.00. The molecule has 3 heterocycles. The molecule has 140 valence electrons. The van der Waals surface area contributed by atoms with E-state index in [0.29, 0.717) is 34.6 Å². The third-order valence-corrected chi connectivity index (χ3v) is 5.27. The molecule has 0 spiro atoms. The van der Waals surface area contributed by atoms with Crippen LogP contribution >= 0.6 is 22.6 Å². The summed E-state index contributed by atoms with van der Waals surface area (Å²) in [5.74, 6) is 0.615. The van der Waals surface area contributed by atoms with Gasteiger partial charge in [0, 0.05) is 19.0 Å². The van der Waals surface area contributed by atoms with Crippen LogP contribution in [0, 0.1) is 3.70 Å². The van der Waals surface area contributed by atoms with Crippen molar-refractivity contribution in [3.8, 4) is 0 Å². The molecule has 0 radical (unpaired) electrons. The monoisotopic (exact) mass is 480 g/mol. The molecule has 3 aromatic rings. The number of amides is 1. The Morgan fingerprint density at radius 2 is 2.15 bits per heavy atom. The topological polar surface area (TPSA) is 119 Å². The number of fused-ring (bicyclic) bond motifs is 1. The zero-order chi connectivity index (χ0) is 19.0. The van der Waals surface area contributed by atoms with E-state index in [9.17, 15) is 9.59 Å². The van der Waals surface area contributed by atoms with Crippen molar-refractivity contribution >= 4 is 40.1 Å². The minimum absolute atomic E-state index is 0.0275. The normalized spacial score (nSPS) is 16.8. The van der Waals surface area contributed by atoms with Crippen molar-refractivity contribution in [2.24, 2.45) is 0 Å². The Balaban J connectivity index is 1.49. The van der Waals surface area contributed by atoms with Crippen molar-refractivity contribution in [3.05, 3.63) is 55.8 Å². The van der Waals surface area contributed by atoms with Gasteiger partial charge in [-0.2, -0.15) is 0 Å². The number of imidazole rings is 1. The highest BCUT2D eigenvalue weighted by Crippen LogP contribution is 2.28. The van der Waals surface area contributed by atoms with Crippen LogP contribution in [0.5, 0.6) is 0 Å². The number of nitrogens with one attached hydrogen (secondary N) is 1. The molecule has 0 unspecified atom stereocenters. The van der Waals surface area contributed by atoms with E-state index in [4.69, 9.17) is 10.5 Å². The standard InChI is InChI=1S/C17H17IN6O3/c18-13-12-15(25)21-16(19)22-24(12)14(20-13)11-6-7-23(8-11)17(26)27-9-10-4-2-1-3-5-10/h1-5,11H,6-9H2,(H3,19,21,22,25)/t11-/m0/s1. The SMILES string of the molecule is Nc1nn2c([C@H]3CCN(C(=O)OCc4ccccc4)C3)nc(I)c2c(=O)[nH]1. The minimum atomic E-state index is -0.359. The average molecular weight is 480 g/mol. The van der Waals surface area contributed by atoms with Crippen LogP contribution in [0.4, 0.5) is 10.7 Å². The zero-order valence-electron chi connectivity index (χ0n) is 14.3. The summed E-state index contributed by atoms with van der Waals surface area (Å²) in [6.07, 6.45) is 0.353. The van der Waals surface area contributed by atoms with Gasteiger partial charge in [0.15, 0.2) is 5.52 Å². The first-order valence-corrected chi connectivity index (χ1v) is 9.50. The highest BCUT2D eigenvalue weighted by molar-refractivity contribution is 14.1. The molecule has 0 aliphatic carbocycles. The highest BCUT2D eigenvalue weighted by Gasteiger charge is 2.32. The lowest BCUT2D eigenvalue weighted by Crippen LogP contribution is -2.29. The number of benzene rings is 1. The number of nitrogens with zero attached hydrogens (tertiary/aromatic N) is 4. The van der Waals surface area contributed by atoms with Crippen molar-refractivity contribution in [2.75, 3.05) is 18.8 Å². The molecule has 0 bridgehead atoms. The summed E-state index contributed by atoms with van der Waals surface area (Å²) in [6.45, 7) is 1.25. The lowest BCUT2D eigenvalue weighted by Gasteiger charge is -2.16. The maximum absolute atomic E-state index is 12.4. The third-order valence-electron chi connectivity index (χ3n) is 4.52. The molecule has 1 aliphatic rings. The molecular weight excluding hydrogens is 463 g/mol. The summed E-state index contributed by atoms with van der Waals surface area (Å²) in [4.78, 5) is 33.1. The van der Waals surface area contributed by atoms with E-state index >= 15 is 0 Å². The van der Waals surface area contributed by atoms with Gasteiger partial charge in [-0.25, -0.2) is 14.3 Å². The first-order chi connectivity index (χ1) is 13.0. The fraction of sp³-hybridized carbons (Fsp3) is 0.294. The van der Waals surface area contributed by atoms with Crippen LogP contribution in [-0.2, 0) is 11.3 Å². The second kappa shape index (κ2) is 7.18. The fourth-order valence-electron chi connectivity index (χ4n) is 3.21. The van der Waals surface area contributed by atoms with Crippen molar-refractivity contribution in [1.82, 2.24) is 24.5 Å². The molecule has 9 nitrogen and oxygen atoms in total. The second-order valence-electron chi connectivity index (χ2n) is 6.33. The number of H-pyrrole nitrogens is 1. The van der Waals surface area contributed by atoms with Crippen molar-refractivity contribution in [1.29, 1.82) is 0 Å². The Labute approximate surface area is 167 Å². The number of anilines is 1. The second-order valence-corrected chi connectivity index (χ2v) is 7.35. The number of rotatable bonds is 3. The number of ether oxygens (including phenoxy) is 1. The third kappa shape index (κ3) is 3.48. The number of carbonyl (C=O) groups is 1. The zero-order valence-corrected chi connectivity index (χ0v) is 16.4. The van der Waals surface area contributed by atoms with E-state index in [-0.39, 0.29) is 30.1 Å². The van der Waals surface area contributed by atoms with Crippen LogP contribution < -0.4 is 11.3 Å². The molecule has 10 heteroatoms. The number of carbonyl (C=O) groups excluding carboxylic acids is 1. The first-order valence-electron chi connectivity index (χ1n) is 8.42. The summed E-state index contributed by atoms with van der Waals surface area (Å²) in [6, 6.07) is 9.54. The highest BCUT2D eigenvalue weighted by atomic mass is 127. The van der Waals surface area contributed by atoms with E-state index in [1.165, 1.54) is 4.52 Å². The van der Waals surface area contributed by atoms with Gasteiger partial charge < -0.3 is 15.4 Å². The fourth-order valence-corrected chi connectivity index (χ4v) is 3.93. The van der Waals surface area contributed by atoms with Crippen LogP contribution in [0.2, 0.25) is 0 Å². The van der Waals surface area contributed by atoms with Gasteiger partial charge in [0.2, 0.25) is 5.95 Å². The molecule has 1 aliphatic heterocycles. The number of aromatic amines is 1. The summed E-state index contributed by atoms with van der Waals surface area (Å²) in [5.41, 5.74) is 6.64. The van der Waals surface area contributed by atoms with Gasteiger partial charge in [-0.05, 0) is 34.6 Å². The van der Waals surface area contributed by atoms with Gasteiger partial charge in [-0.3, -0.25) is 9.78 Å². The molecular formula is C17H17IN6O3. The Bertz CT molecular complexity index is 1050. The van der Waals surface area contributed by atoms with Crippen molar-refractivity contribution < 1.29 is 9.53 Å². The first kappa shape index (κ1) is 17.8. The van der Waals surface area contributed by atoms with Gasteiger partial charge in [0.25, 0.3) is 5.56 Å². The molecule has 27 heavy (non-hydrogen) atoms. The lowest BCUT2D eigenvalue weighted by molar-refractivity contribution is 0.104. The molecule has 4 rings (SSSR count). The predicted molar refractivity (Wildman–Crippen MR) is 106 cm³/mol. The molecule has 0 saturated carbocycles. The maximum Gasteiger partial charge on any atom is 0.410 e. The Hall–Kier alpha value is -2.63. The van der Waals surface area contributed by atoms with Gasteiger partial charge in [-0.1, -0.05) is 30.3 Å². The number of hydrogen-bond donors (Lipinski definition) is 2. The molecule has 1 aromatic carbocycles. The van der Waals surface area contributed by atoms with Gasteiger partial charge in [0.1, 0.15) is 16.1 Å². The van der Waals surface area contributed by atoms with E-state index in [2.05, 4.69) is 15.1 Å². The van der Waals surface area contributed by atoms with E-state index in [1.807, 2.05) is 52.9 Å². The van der Waals surface area contributed by atoms with Gasteiger partial charge in [-0.15, -0.1) is 5.10 Å². The van der Waals surface area contributed by atoms with E-state index in [0.717, 1.165) is 5.56 Å². The van der Waals surface area contributed by atoms with Crippen LogP contribution in [0.3, 0.4) is 0 Å². The largest absolute Gasteiger partial charge is 0.445 e. The van der Waals surface area contributed by atoms with E-state index < -0.39 is 0 Å². The Morgan fingerprint density at radius 1 is 1.37 bits per heavy atom. The molecule has 1 fully saturated rings. The Morgan fingerprint density at radius 3 is 2.93 bits per heavy atom. The number of nitrogen functional groups attached to an aromatic ring is 1. The van der Waals surface area contributed by atoms with Crippen molar-refractivity contribution in [2.45, 2.75) is 18.9 Å². The predicted octanol–water partition coefficient (Wildman–Crippen LogP) is 1.73. The smallest absolute Gasteiger partial charge is 0.410 e. The molecule has 1 amide bonds. The number of hydrogen-bond acceptors (Lipinski definition) is 6. The average Bonchev–Trinajstić information content (AvgIpc) is 3.25.